The Kier molecular flexibility index (Phi) is 4.78. The SMILES string of the molecule is CCn1cc2[nH]c(C(=O)Nc3cc(C(=O)Nc4ccon4)ccc3C)c(C)c2c1O. The van der Waals surface area contributed by atoms with Gasteiger partial charge in [0.25, 0.3) is 11.8 Å². The van der Waals surface area contributed by atoms with Gasteiger partial charge in [-0.3, -0.25) is 9.59 Å². The number of anilines is 2. The number of H-pyrrole nitrogens is 1. The maximum absolute atomic E-state index is 12.9. The first-order valence-corrected chi connectivity index (χ1v) is 9.43. The molecule has 0 aliphatic rings. The molecule has 2 amide bonds. The molecule has 0 aliphatic carbocycles. The molecule has 0 saturated carbocycles. The van der Waals surface area contributed by atoms with E-state index >= 15 is 0 Å². The molecule has 4 aromatic rings. The first kappa shape index (κ1) is 19.3. The Morgan fingerprint density at radius 2 is 2.00 bits per heavy atom. The highest BCUT2D eigenvalue weighted by molar-refractivity contribution is 6.10. The van der Waals surface area contributed by atoms with Crippen LogP contribution in [0.15, 0.2) is 41.2 Å². The van der Waals surface area contributed by atoms with Crippen molar-refractivity contribution in [2.24, 2.45) is 0 Å². The summed E-state index contributed by atoms with van der Waals surface area (Å²) >= 11 is 0. The summed E-state index contributed by atoms with van der Waals surface area (Å²) in [4.78, 5) is 28.4. The number of hydrogen-bond acceptors (Lipinski definition) is 5. The largest absolute Gasteiger partial charge is 0.494 e. The first-order chi connectivity index (χ1) is 14.4. The number of aromatic hydroxyl groups is 1. The fraction of sp³-hybridized carbons (Fsp3) is 0.190. The van der Waals surface area contributed by atoms with Crippen molar-refractivity contribution in [3.8, 4) is 5.88 Å². The third kappa shape index (κ3) is 3.30. The van der Waals surface area contributed by atoms with Crippen LogP contribution in [-0.2, 0) is 6.54 Å². The van der Waals surface area contributed by atoms with E-state index in [9.17, 15) is 14.7 Å². The van der Waals surface area contributed by atoms with E-state index in [-0.39, 0.29) is 17.7 Å². The number of carbonyl (C=O) groups is 2. The van der Waals surface area contributed by atoms with E-state index in [0.29, 0.717) is 45.8 Å². The second kappa shape index (κ2) is 7.43. The lowest BCUT2D eigenvalue weighted by Crippen LogP contribution is -2.16. The Balaban J connectivity index is 1.59. The summed E-state index contributed by atoms with van der Waals surface area (Å²) in [7, 11) is 0. The number of benzene rings is 1. The Bertz CT molecular complexity index is 1250. The van der Waals surface area contributed by atoms with Gasteiger partial charge in [0, 0.05) is 30.1 Å². The van der Waals surface area contributed by atoms with E-state index in [4.69, 9.17) is 4.52 Å². The van der Waals surface area contributed by atoms with Crippen molar-refractivity contribution in [2.45, 2.75) is 27.3 Å². The van der Waals surface area contributed by atoms with E-state index in [1.165, 1.54) is 12.3 Å². The van der Waals surface area contributed by atoms with Crippen LogP contribution in [0, 0.1) is 13.8 Å². The summed E-state index contributed by atoms with van der Waals surface area (Å²) in [6.45, 7) is 6.17. The van der Waals surface area contributed by atoms with Crippen molar-refractivity contribution in [2.75, 3.05) is 10.6 Å². The van der Waals surface area contributed by atoms with Gasteiger partial charge in [-0.1, -0.05) is 11.2 Å². The Labute approximate surface area is 171 Å². The van der Waals surface area contributed by atoms with Crippen LogP contribution in [0.4, 0.5) is 11.5 Å². The maximum atomic E-state index is 12.9. The number of carbonyl (C=O) groups excluding carboxylic acids is 2. The lowest BCUT2D eigenvalue weighted by molar-refractivity contribution is 0.101. The summed E-state index contributed by atoms with van der Waals surface area (Å²) in [5, 5.41) is 20.1. The normalized spacial score (nSPS) is 11.0. The second-order valence-corrected chi connectivity index (χ2v) is 6.98. The average molecular weight is 407 g/mol. The summed E-state index contributed by atoms with van der Waals surface area (Å²) in [6.07, 6.45) is 3.13. The molecule has 0 radical (unpaired) electrons. The number of nitrogens with one attached hydrogen (secondary N) is 3. The molecule has 0 spiro atoms. The van der Waals surface area contributed by atoms with Crippen LogP contribution in [0.3, 0.4) is 0 Å². The minimum Gasteiger partial charge on any atom is -0.494 e. The zero-order chi connectivity index (χ0) is 21.4. The molecule has 0 atom stereocenters. The predicted octanol–water partition coefficient (Wildman–Crippen LogP) is 3.80. The molecule has 0 bridgehead atoms. The molecule has 0 saturated heterocycles. The minimum atomic E-state index is -0.372. The van der Waals surface area contributed by atoms with Gasteiger partial charge in [-0.05, 0) is 44.0 Å². The van der Waals surface area contributed by atoms with E-state index in [1.807, 2.05) is 13.8 Å². The van der Waals surface area contributed by atoms with Crippen molar-refractivity contribution in [3.05, 3.63) is 59.1 Å². The number of aromatic nitrogens is 3. The predicted molar refractivity (Wildman–Crippen MR) is 112 cm³/mol. The smallest absolute Gasteiger partial charge is 0.272 e. The number of amides is 2. The zero-order valence-corrected chi connectivity index (χ0v) is 16.7. The van der Waals surface area contributed by atoms with Crippen LogP contribution >= 0.6 is 0 Å². The van der Waals surface area contributed by atoms with Crippen LogP contribution in [0.25, 0.3) is 10.9 Å². The third-order valence-electron chi connectivity index (χ3n) is 5.05. The van der Waals surface area contributed by atoms with Crippen molar-refractivity contribution in [1.82, 2.24) is 14.7 Å². The highest BCUT2D eigenvalue weighted by atomic mass is 16.5. The van der Waals surface area contributed by atoms with E-state index in [0.717, 1.165) is 5.56 Å². The monoisotopic (exact) mass is 407 g/mol. The molecule has 4 rings (SSSR count). The average Bonchev–Trinajstić information content (AvgIpc) is 3.42. The quantitative estimate of drug-likeness (QED) is 0.400. The van der Waals surface area contributed by atoms with Crippen LogP contribution in [-0.4, -0.2) is 31.6 Å². The summed E-state index contributed by atoms with van der Waals surface area (Å²) in [5.74, 6) is -0.300. The number of hydrogen-bond donors (Lipinski definition) is 4. The van der Waals surface area contributed by atoms with E-state index < -0.39 is 0 Å². The highest BCUT2D eigenvalue weighted by Crippen LogP contribution is 2.32. The van der Waals surface area contributed by atoms with Crippen LogP contribution in [0.1, 0.15) is 38.9 Å². The van der Waals surface area contributed by atoms with E-state index in [2.05, 4.69) is 20.8 Å². The maximum Gasteiger partial charge on any atom is 0.272 e. The molecule has 1 aromatic carbocycles. The van der Waals surface area contributed by atoms with Gasteiger partial charge in [0.2, 0.25) is 5.88 Å². The highest BCUT2D eigenvalue weighted by Gasteiger charge is 2.21. The molecule has 3 heterocycles. The topological polar surface area (TPSA) is 125 Å². The van der Waals surface area contributed by atoms with Crippen molar-refractivity contribution in [3.63, 3.8) is 0 Å². The molecule has 30 heavy (non-hydrogen) atoms. The van der Waals surface area contributed by atoms with Crippen LogP contribution < -0.4 is 10.6 Å². The molecule has 0 unspecified atom stereocenters. The number of rotatable bonds is 5. The van der Waals surface area contributed by atoms with Gasteiger partial charge < -0.3 is 29.8 Å². The second-order valence-electron chi connectivity index (χ2n) is 6.98. The molecule has 0 fully saturated rings. The summed E-state index contributed by atoms with van der Waals surface area (Å²) < 4.78 is 6.41. The third-order valence-corrected chi connectivity index (χ3v) is 5.05. The zero-order valence-electron chi connectivity index (χ0n) is 16.7. The molecular formula is C21H21N5O4. The lowest BCUT2D eigenvalue weighted by Gasteiger charge is -2.11. The fourth-order valence-corrected chi connectivity index (χ4v) is 3.38. The van der Waals surface area contributed by atoms with Crippen molar-refractivity contribution >= 4 is 34.2 Å². The fourth-order valence-electron chi connectivity index (χ4n) is 3.38. The van der Waals surface area contributed by atoms with Gasteiger partial charge in [0.15, 0.2) is 5.82 Å². The molecule has 154 valence electrons. The van der Waals surface area contributed by atoms with Gasteiger partial charge in [0.05, 0.1) is 10.9 Å². The van der Waals surface area contributed by atoms with Crippen LogP contribution in [0.5, 0.6) is 5.88 Å². The lowest BCUT2D eigenvalue weighted by atomic mass is 10.1. The van der Waals surface area contributed by atoms with Gasteiger partial charge in [-0.2, -0.15) is 0 Å². The van der Waals surface area contributed by atoms with Gasteiger partial charge >= 0.3 is 0 Å². The Morgan fingerprint density at radius 1 is 1.20 bits per heavy atom. The minimum absolute atomic E-state index is 0.128. The van der Waals surface area contributed by atoms with Gasteiger partial charge in [0.1, 0.15) is 12.0 Å². The van der Waals surface area contributed by atoms with Gasteiger partial charge in [-0.25, -0.2) is 0 Å². The van der Waals surface area contributed by atoms with Crippen LogP contribution in [0.2, 0.25) is 0 Å². The Morgan fingerprint density at radius 3 is 2.67 bits per heavy atom. The molecule has 3 aromatic heterocycles. The summed E-state index contributed by atoms with van der Waals surface area (Å²) in [5.41, 5.74) is 3.38. The first-order valence-electron chi connectivity index (χ1n) is 9.43. The number of aryl methyl sites for hydroxylation is 3. The standard InChI is InChI=1S/C21H21N5O4/c1-4-26-10-15-17(21(26)29)12(3)18(22-15)20(28)23-14-9-13(6-5-11(14)2)19(27)24-16-7-8-30-25-16/h5-10,22,29H,4H2,1-3H3,(H,23,28)(H,24,25,27). The molecule has 4 N–H and O–H groups in total. The summed E-state index contributed by atoms with van der Waals surface area (Å²) in [6, 6.07) is 6.55. The molecule has 9 heteroatoms. The van der Waals surface area contributed by atoms with Crippen molar-refractivity contribution < 1.29 is 19.2 Å². The molecule has 9 nitrogen and oxygen atoms in total. The number of aromatic amines is 1. The number of fused-ring (bicyclic) bond motifs is 1. The van der Waals surface area contributed by atoms with Crippen molar-refractivity contribution in [1.29, 1.82) is 0 Å². The van der Waals surface area contributed by atoms with E-state index in [1.54, 1.807) is 35.9 Å². The Hall–Kier alpha value is -4.01. The molecular weight excluding hydrogens is 386 g/mol. The van der Waals surface area contributed by atoms with Gasteiger partial charge in [-0.15, -0.1) is 0 Å². The molecule has 0 aliphatic heterocycles. The number of nitrogens with zero attached hydrogens (tertiary/aromatic N) is 2.